The van der Waals surface area contributed by atoms with Crippen LogP contribution in [0.5, 0.6) is 0 Å². The van der Waals surface area contributed by atoms with E-state index in [0.717, 1.165) is 77.9 Å². The molecule has 0 saturated carbocycles. The van der Waals surface area contributed by atoms with Gasteiger partial charge in [-0.15, -0.1) is 0 Å². The van der Waals surface area contributed by atoms with Gasteiger partial charge in [0, 0.05) is 16.7 Å². The fourth-order valence-corrected chi connectivity index (χ4v) is 7.91. The number of aromatic nitrogens is 3. The zero-order valence-electron chi connectivity index (χ0n) is 33.8. The Bertz CT molecular complexity index is 2770. The Morgan fingerprint density at radius 3 is 0.839 bits per heavy atom. The van der Waals surface area contributed by atoms with Gasteiger partial charge in [0.25, 0.3) is 0 Å². The highest BCUT2D eigenvalue weighted by molar-refractivity contribution is 6.08. The highest BCUT2D eigenvalue weighted by atomic mass is 16.1. The lowest BCUT2D eigenvalue weighted by atomic mass is 9.92. The van der Waals surface area contributed by atoms with Crippen molar-refractivity contribution in [3.63, 3.8) is 0 Å². The van der Waals surface area contributed by atoms with Crippen LogP contribution in [0.25, 0.3) is 89.5 Å². The number of carbonyl (C=O) groups is 1. The van der Waals surface area contributed by atoms with E-state index in [1.165, 1.54) is 0 Å². The molecule has 0 N–H and O–H groups in total. The summed E-state index contributed by atoms with van der Waals surface area (Å²) in [5.74, 6) is 0.613. The number of benzene rings is 9. The van der Waals surface area contributed by atoms with Crippen molar-refractivity contribution in [2.45, 2.75) is 0 Å². The van der Waals surface area contributed by atoms with Crippen LogP contribution in [0.4, 0.5) is 0 Å². The molecular weight excluding hydrogens is 755 g/mol. The first-order valence-corrected chi connectivity index (χ1v) is 20.7. The molecule has 1 aromatic heterocycles. The third-order valence-electron chi connectivity index (χ3n) is 11.1. The van der Waals surface area contributed by atoms with E-state index >= 15 is 4.79 Å². The molecule has 0 atom stereocenters. The molecule has 292 valence electrons. The van der Waals surface area contributed by atoms with Crippen molar-refractivity contribution < 1.29 is 4.79 Å². The van der Waals surface area contributed by atoms with Crippen molar-refractivity contribution in [3.05, 3.63) is 248 Å². The molecule has 10 aromatic rings. The smallest absolute Gasteiger partial charge is 0.230 e. The lowest BCUT2D eigenvalue weighted by Gasteiger charge is -2.13. The summed E-state index contributed by atoms with van der Waals surface area (Å²) in [6.07, 6.45) is 0. The molecule has 0 radical (unpaired) electrons. The average Bonchev–Trinajstić information content (AvgIpc) is 3.37. The lowest BCUT2D eigenvalue weighted by Crippen LogP contribution is -2.11. The quantitative estimate of drug-likeness (QED) is 0.129. The molecule has 1 heterocycles. The number of nitrogens with zero attached hydrogens (tertiary/aromatic N) is 3. The van der Waals surface area contributed by atoms with Crippen LogP contribution in [0, 0.1) is 0 Å². The first-order valence-electron chi connectivity index (χ1n) is 20.7. The Balaban J connectivity index is 1.13. The van der Waals surface area contributed by atoms with E-state index in [1.54, 1.807) is 0 Å². The summed E-state index contributed by atoms with van der Waals surface area (Å²) in [7, 11) is 0. The third-order valence-corrected chi connectivity index (χ3v) is 11.1. The van der Waals surface area contributed by atoms with E-state index < -0.39 is 0 Å². The van der Waals surface area contributed by atoms with Crippen LogP contribution in [0.1, 0.15) is 16.2 Å². The van der Waals surface area contributed by atoms with Gasteiger partial charge in [-0.3, -0.25) is 4.79 Å². The summed E-state index contributed by atoms with van der Waals surface area (Å²) < 4.78 is 0. The van der Waals surface area contributed by atoms with Gasteiger partial charge in [-0.1, -0.05) is 194 Å². The largest absolute Gasteiger partial charge is 0.285 e. The number of carbonyl (C=O) groups excluding carboxylic acids is 1. The van der Waals surface area contributed by atoms with Crippen LogP contribution in [0.15, 0.2) is 237 Å². The summed E-state index contributed by atoms with van der Waals surface area (Å²) in [6, 6.07) is 80.4. The monoisotopic (exact) mass is 793 g/mol. The van der Waals surface area contributed by atoms with E-state index in [-0.39, 0.29) is 11.6 Å². The predicted octanol–water partition coefficient (Wildman–Crippen LogP) is 14.4. The molecule has 10 rings (SSSR count). The topological polar surface area (TPSA) is 55.7 Å². The molecule has 0 fully saturated rings. The highest BCUT2D eigenvalue weighted by Gasteiger charge is 2.21. The minimum atomic E-state index is -0.296. The van der Waals surface area contributed by atoms with E-state index in [1.807, 2.05) is 109 Å². The van der Waals surface area contributed by atoms with Gasteiger partial charge >= 0.3 is 0 Å². The van der Waals surface area contributed by atoms with Gasteiger partial charge in [-0.25, -0.2) is 15.0 Å². The summed E-state index contributed by atoms with van der Waals surface area (Å²) in [6.45, 7) is 0. The predicted molar refractivity (Wildman–Crippen MR) is 253 cm³/mol. The number of hydrogen-bond donors (Lipinski definition) is 0. The fourth-order valence-electron chi connectivity index (χ4n) is 7.91. The minimum Gasteiger partial charge on any atom is -0.285 e. The molecule has 62 heavy (non-hydrogen) atoms. The van der Waals surface area contributed by atoms with Crippen LogP contribution in [-0.2, 0) is 0 Å². The van der Waals surface area contributed by atoms with Gasteiger partial charge in [0.15, 0.2) is 11.6 Å². The molecule has 4 nitrogen and oxygen atoms in total. The molecule has 0 aliphatic carbocycles. The second-order valence-electron chi connectivity index (χ2n) is 15.2. The van der Waals surface area contributed by atoms with Gasteiger partial charge < -0.3 is 0 Å². The van der Waals surface area contributed by atoms with Crippen LogP contribution in [0.2, 0.25) is 0 Å². The SMILES string of the molecule is O=C(c1cc(-c2cccc(-c3ccccc3)c2)cc(-c2cccc(-c3ccccc3)c2)c1)c1nc(-c2cccc(-c3ccccc3)c2)nc(-c2cccc(-c3ccccc3)c2)n1. The van der Waals surface area contributed by atoms with Crippen LogP contribution in [0.3, 0.4) is 0 Å². The Hall–Kier alpha value is -8.34. The molecule has 4 heteroatoms. The molecule has 9 aromatic carbocycles. The standard InChI is InChI=1S/C58H39N3O/c62-55(54-38-52(48-29-13-25-44(33-48)40-17-5-1-6-18-40)37-53(39-54)49-30-14-26-45(34-49)41-19-7-2-8-20-41)58-60-56(50-31-15-27-46(35-50)42-21-9-3-10-22-42)59-57(61-58)51-32-16-28-47(36-51)43-23-11-4-12-24-43/h1-39H. The molecule has 0 aliphatic heterocycles. The van der Waals surface area contributed by atoms with Crippen molar-refractivity contribution in [1.29, 1.82) is 0 Å². The summed E-state index contributed by atoms with van der Waals surface area (Å²) in [5, 5.41) is 0. The van der Waals surface area contributed by atoms with E-state index in [2.05, 4.69) is 127 Å². The van der Waals surface area contributed by atoms with E-state index in [9.17, 15) is 0 Å². The third kappa shape index (κ3) is 8.14. The second kappa shape index (κ2) is 17.1. The van der Waals surface area contributed by atoms with Crippen molar-refractivity contribution in [3.8, 4) is 89.5 Å². The lowest BCUT2D eigenvalue weighted by molar-refractivity contribution is 0.102. The van der Waals surface area contributed by atoms with Crippen LogP contribution in [-0.4, -0.2) is 20.7 Å². The van der Waals surface area contributed by atoms with Gasteiger partial charge in [0.2, 0.25) is 11.6 Å². The maximum atomic E-state index is 15.2. The molecule has 0 unspecified atom stereocenters. The normalized spacial score (nSPS) is 11.0. The Kier molecular flexibility index (Phi) is 10.5. The summed E-state index contributed by atoms with van der Waals surface area (Å²) in [5.41, 5.74) is 14.5. The number of hydrogen-bond acceptors (Lipinski definition) is 4. The Morgan fingerprint density at radius 1 is 0.242 bits per heavy atom. The number of rotatable bonds is 10. The highest BCUT2D eigenvalue weighted by Crippen LogP contribution is 2.35. The van der Waals surface area contributed by atoms with Gasteiger partial charge in [0.05, 0.1) is 0 Å². The molecule has 0 spiro atoms. The van der Waals surface area contributed by atoms with Crippen molar-refractivity contribution >= 4 is 5.78 Å². The maximum absolute atomic E-state index is 15.2. The molecule has 0 saturated heterocycles. The van der Waals surface area contributed by atoms with Crippen molar-refractivity contribution in [2.75, 3.05) is 0 Å². The first-order chi connectivity index (χ1) is 30.6. The van der Waals surface area contributed by atoms with Gasteiger partial charge in [-0.05, 0) is 109 Å². The number of ketones is 1. The molecule has 0 amide bonds. The van der Waals surface area contributed by atoms with Gasteiger partial charge in [0.1, 0.15) is 0 Å². The fraction of sp³-hybridized carbons (Fsp3) is 0. The zero-order valence-corrected chi connectivity index (χ0v) is 33.8. The van der Waals surface area contributed by atoms with Crippen LogP contribution < -0.4 is 0 Å². The van der Waals surface area contributed by atoms with Crippen LogP contribution >= 0.6 is 0 Å². The Labute approximate surface area is 361 Å². The molecule has 0 bridgehead atoms. The van der Waals surface area contributed by atoms with E-state index in [0.29, 0.717) is 17.2 Å². The van der Waals surface area contributed by atoms with Gasteiger partial charge in [-0.2, -0.15) is 0 Å². The van der Waals surface area contributed by atoms with E-state index in [4.69, 9.17) is 15.0 Å². The van der Waals surface area contributed by atoms with Crippen molar-refractivity contribution in [2.24, 2.45) is 0 Å². The molecule has 0 aliphatic rings. The first kappa shape index (κ1) is 37.9. The molecular formula is C58H39N3O. The summed E-state index contributed by atoms with van der Waals surface area (Å²) in [4.78, 5) is 30.2. The van der Waals surface area contributed by atoms with Crippen molar-refractivity contribution in [1.82, 2.24) is 15.0 Å². The summed E-state index contributed by atoms with van der Waals surface area (Å²) >= 11 is 0. The Morgan fingerprint density at radius 2 is 0.500 bits per heavy atom. The maximum Gasteiger partial charge on any atom is 0.230 e. The zero-order chi connectivity index (χ0) is 41.7. The minimum absolute atomic E-state index is 0.0689. The second-order valence-corrected chi connectivity index (χ2v) is 15.2. The average molecular weight is 794 g/mol.